The number of aryl methyl sites for hydroxylation is 1. The summed E-state index contributed by atoms with van der Waals surface area (Å²) >= 11 is 12.8. The lowest BCUT2D eigenvalue weighted by Crippen LogP contribution is -2.05. The average Bonchev–Trinajstić information content (AvgIpc) is 3.23. The molecular formula is C24H18Cl2N2O4S. The molecule has 3 aromatic carbocycles. The third-order valence-corrected chi connectivity index (χ3v) is 6.46. The van der Waals surface area contributed by atoms with Crippen LogP contribution >= 0.6 is 23.2 Å². The van der Waals surface area contributed by atoms with Gasteiger partial charge in [-0.1, -0.05) is 59.6 Å². The Kier molecular flexibility index (Phi) is 6.56. The highest BCUT2D eigenvalue weighted by atomic mass is 35.5. The van der Waals surface area contributed by atoms with E-state index in [2.05, 4.69) is 5.10 Å². The lowest BCUT2D eigenvalue weighted by molar-refractivity contribution is 0.0593. The minimum absolute atomic E-state index is 0.110. The number of thiol groups is 1. The number of halogens is 2. The van der Waals surface area contributed by atoms with Crippen LogP contribution in [0, 0.1) is 6.92 Å². The first-order chi connectivity index (χ1) is 15.8. The number of nitrogens with zero attached hydrogens (tertiary/aromatic N) is 2. The molecule has 168 valence electrons. The first kappa shape index (κ1) is 23.0. The molecule has 0 aliphatic carbocycles. The van der Waals surface area contributed by atoms with E-state index in [1.54, 1.807) is 42.5 Å². The lowest BCUT2D eigenvalue weighted by Gasteiger charge is -2.14. The lowest BCUT2D eigenvalue weighted by atomic mass is 9.98. The number of benzene rings is 3. The van der Waals surface area contributed by atoms with Gasteiger partial charge in [0.1, 0.15) is 5.69 Å². The van der Waals surface area contributed by atoms with Crippen LogP contribution in [0.15, 0.2) is 71.6 Å². The van der Waals surface area contributed by atoms with Gasteiger partial charge in [-0.3, -0.25) is 0 Å². The van der Waals surface area contributed by atoms with E-state index in [1.165, 1.54) is 11.8 Å². The molecule has 6 nitrogen and oxygen atoms in total. The normalized spacial score (nSPS) is 11.1. The van der Waals surface area contributed by atoms with Crippen LogP contribution in [0.25, 0.3) is 28.1 Å². The third kappa shape index (κ3) is 4.53. The van der Waals surface area contributed by atoms with Crippen molar-refractivity contribution in [3.63, 3.8) is 0 Å². The molecular weight excluding hydrogens is 483 g/mol. The van der Waals surface area contributed by atoms with Crippen LogP contribution in [0.4, 0.5) is 0 Å². The zero-order valence-corrected chi connectivity index (χ0v) is 20.0. The van der Waals surface area contributed by atoms with E-state index in [0.29, 0.717) is 21.4 Å². The Bertz CT molecular complexity index is 1430. The number of rotatable bonds is 5. The zero-order chi connectivity index (χ0) is 23.7. The van der Waals surface area contributed by atoms with Gasteiger partial charge >= 0.3 is 5.97 Å². The number of ether oxygens (including phenoxy) is 1. The molecule has 0 aliphatic heterocycles. The number of aromatic nitrogens is 2. The molecule has 0 amide bonds. The Balaban J connectivity index is 1.88. The van der Waals surface area contributed by atoms with E-state index in [1.807, 2.05) is 31.2 Å². The predicted molar refractivity (Wildman–Crippen MR) is 129 cm³/mol. The summed E-state index contributed by atoms with van der Waals surface area (Å²) in [6.07, 6.45) is 0. The highest BCUT2D eigenvalue weighted by Crippen LogP contribution is 2.35. The summed E-state index contributed by atoms with van der Waals surface area (Å²) in [4.78, 5) is 12.5. The van der Waals surface area contributed by atoms with Crippen LogP contribution in [0.3, 0.4) is 0 Å². The summed E-state index contributed by atoms with van der Waals surface area (Å²) in [5.41, 5.74) is 4.46. The predicted octanol–water partition coefficient (Wildman–Crippen LogP) is 5.58. The second-order valence-electron chi connectivity index (χ2n) is 7.23. The zero-order valence-electron chi connectivity index (χ0n) is 17.6. The maximum atomic E-state index is 12.2. The van der Waals surface area contributed by atoms with Crippen LogP contribution in [-0.4, -0.2) is 31.3 Å². The number of methoxy groups -OCH3 is 1. The van der Waals surface area contributed by atoms with E-state index in [-0.39, 0.29) is 10.6 Å². The molecule has 0 N–H and O–H groups in total. The molecule has 0 fully saturated rings. The number of carbonyl (C=O) groups is 1. The summed E-state index contributed by atoms with van der Waals surface area (Å²) in [6.45, 7) is 1.92. The van der Waals surface area contributed by atoms with Gasteiger partial charge in [0, 0.05) is 5.56 Å². The molecule has 9 heteroatoms. The molecule has 1 aromatic heterocycles. The Hall–Kier alpha value is -3.13. The van der Waals surface area contributed by atoms with Gasteiger partial charge in [-0.15, -0.1) is 0 Å². The van der Waals surface area contributed by atoms with Crippen molar-refractivity contribution in [1.29, 1.82) is 0 Å². The summed E-state index contributed by atoms with van der Waals surface area (Å²) in [7, 11) is -1.39. The molecule has 33 heavy (non-hydrogen) atoms. The molecule has 0 saturated heterocycles. The molecule has 0 aliphatic rings. The van der Waals surface area contributed by atoms with Gasteiger partial charge in [-0.25, -0.2) is 17.9 Å². The number of esters is 1. The topological polar surface area (TPSA) is 78.3 Å². The van der Waals surface area contributed by atoms with Crippen LogP contribution in [-0.2, 0) is 15.4 Å². The van der Waals surface area contributed by atoms with E-state index in [9.17, 15) is 13.2 Å². The van der Waals surface area contributed by atoms with Gasteiger partial charge in [-0.2, -0.15) is 5.10 Å². The minimum atomic E-state index is -2.67. The van der Waals surface area contributed by atoms with Crippen LogP contribution < -0.4 is 0 Å². The fourth-order valence-electron chi connectivity index (χ4n) is 3.57. The quantitative estimate of drug-likeness (QED) is 0.286. The third-order valence-electron chi connectivity index (χ3n) is 5.15. The van der Waals surface area contributed by atoms with Gasteiger partial charge in [0.2, 0.25) is 0 Å². The van der Waals surface area contributed by atoms with Crippen LogP contribution in [0.2, 0.25) is 10.0 Å². The second kappa shape index (κ2) is 9.39. The SMILES string of the molecule is COC(=O)c1cc(-c2ccc(-c3cccc([SH](=O)=O)c3)cc2C)n(-c2c(Cl)cccc2Cl)n1. The Morgan fingerprint density at radius 2 is 1.61 bits per heavy atom. The molecule has 0 saturated carbocycles. The van der Waals surface area contributed by atoms with Gasteiger partial charge in [-0.05, 0) is 53.9 Å². The van der Waals surface area contributed by atoms with Gasteiger partial charge in [0.15, 0.2) is 16.4 Å². The monoisotopic (exact) mass is 500 g/mol. The standard InChI is InChI=1S/C24H18Cl2N2O4S/c1-14-11-16(15-5-3-6-17(12-15)33(30)31)9-10-18(14)22-13-21(24(29)32-2)27-28(22)23-19(25)7-4-8-20(23)26/h3-13,33H,1-2H3. The molecule has 0 unspecified atom stereocenters. The Labute approximate surface area is 202 Å². The largest absolute Gasteiger partial charge is 0.464 e. The summed E-state index contributed by atoms with van der Waals surface area (Å²) in [5.74, 6) is -0.587. The van der Waals surface area contributed by atoms with Crippen molar-refractivity contribution < 1.29 is 17.9 Å². The molecule has 1 heterocycles. The van der Waals surface area contributed by atoms with Crippen molar-refractivity contribution in [3.8, 4) is 28.1 Å². The van der Waals surface area contributed by atoms with Gasteiger partial charge in [0.25, 0.3) is 0 Å². The fraction of sp³-hybridized carbons (Fsp3) is 0.0833. The van der Waals surface area contributed by atoms with E-state index < -0.39 is 16.7 Å². The second-order valence-corrected chi connectivity index (χ2v) is 9.07. The smallest absolute Gasteiger partial charge is 0.358 e. The van der Waals surface area contributed by atoms with Gasteiger partial charge in [0.05, 0.1) is 27.7 Å². The Morgan fingerprint density at radius 1 is 0.939 bits per heavy atom. The maximum Gasteiger partial charge on any atom is 0.358 e. The van der Waals surface area contributed by atoms with Crippen molar-refractivity contribution in [1.82, 2.24) is 9.78 Å². The summed E-state index contributed by atoms with van der Waals surface area (Å²) in [6, 6.07) is 19.2. The molecule has 0 spiro atoms. The molecule has 0 radical (unpaired) electrons. The van der Waals surface area contributed by atoms with Gasteiger partial charge < -0.3 is 4.74 Å². The van der Waals surface area contributed by atoms with Crippen molar-refractivity contribution >= 4 is 39.9 Å². The van der Waals surface area contributed by atoms with Crippen molar-refractivity contribution in [2.45, 2.75) is 11.8 Å². The van der Waals surface area contributed by atoms with E-state index >= 15 is 0 Å². The van der Waals surface area contributed by atoms with E-state index in [0.717, 1.165) is 22.3 Å². The molecule has 0 atom stereocenters. The highest BCUT2D eigenvalue weighted by molar-refractivity contribution is 7.72. The summed E-state index contributed by atoms with van der Waals surface area (Å²) < 4.78 is 29.1. The fourth-order valence-corrected chi connectivity index (χ4v) is 4.58. The van der Waals surface area contributed by atoms with Crippen molar-refractivity contribution in [3.05, 3.63) is 88.0 Å². The van der Waals surface area contributed by atoms with E-state index in [4.69, 9.17) is 27.9 Å². The minimum Gasteiger partial charge on any atom is -0.464 e. The molecule has 0 bridgehead atoms. The van der Waals surface area contributed by atoms with Crippen LogP contribution in [0.1, 0.15) is 16.1 Å². The molecule has 4 aromatic rings. The first-order valence-electron chi connectivity index (χ1n) is 9.78. The number of hydrogen-bond donors (Lipinski definition) is 1. The number of para-hydroxylation sites is 1. The van der Waals surface area contributed by atoms with Crippen molar-refractivity contribution in [2.75, 3.05) is 7.11 Å². The maximum absolute atomic E-state index is 12.2. The van der Waals surface area contributed by atoms with Crippen molar-refractivity contribution in [2.24, 2.45) is 0 Å². The average molecular weight is 501 g/mol. The summed E-state index contributed by atoms with van der Waals surface area (Å²) in [5, 5.41) is 5.16. The highest BCUT2D eigenvalue weighted by Gasteiger charge is 2.21. The van der Waals surface area contributed by atoms with Crippen LogP contribution in [0.5, 0.6) is 0 Å². The molecule has 4 rings (SSSR count). The number of hydrogen-bond acceptors (Lipinski definition) is 5. The number of carbonyl (C=O) groups excluding carboxylic acids is 1. The first-order valence-corrected chi connectivity index (χ1v) is 11.7. The Morgan fingerprint density at radius 3 is 2.24 bits per heavy atom.